The Morgan fingerprint density at radius 3 is 2.86 bits per heavy atom. The smallest absolute Gasteiger partial charge is 0.267 e. The van der Waals surface area contributed by atoms with E-state index in [1.165, 1.54) is 20.7 Å². The van der Waals surface area contributed by atoms with Gasteiger partial charge in [0.1, 0.15) is 11.2 Å². The molecule has 0 fully saturated rings. The highest BCUT2D eigenvalue weighted by Crippen LogP contribution is 2.35. The molecule has 0 saturated carbocycles. The summed E-state index contributed by atoms with van der Waals surface area (Å²) in [5, 5.41) is 13.0. The van der Waals surface area contributed by atoms with E-state index in [0.717, 1.165) is 52.6 Å². The van der Waals surface area contributed by atoms with Crippen molar-refractivity contribution >= 4 is 39.5 Å². The number of nitrogens with zero attached hydrogens (tertiary/aromatic N) is 5. The zero-order valence-corrected chi connectivity index (χ0v) is 21.4. The Bertz CT molecular complexity index is 1620. The first-order valence-electron chi connectivity index (χ1n) is 11.9. The third-order valence-electron chi connectivity index (χ3n) is 6.31. The maximum atomic E-state index is 13.9. The number of aryl methyl sites for hydroxylation is 3. The van der Waals surface area contributed by atoms with E-state index in [0.29, 0.717) is 16.7 Å². The van der Waals surface area contributed by atoms with E-state index in [1.807, 2.05) is 36.4 Å². The Kier molecular flexibility index (Phi) is 6.25. The lowest BCUT2D eigenvalue weighted by Crippen LogP contribution is -2.21. The van der Waals surface area contributed by atoms with Gasteiger partial charge in [-0.15, -0.1) is 16.4 Å². The van der Waals surface area contributed by atoms with Gasteiger partial charge in [-0.25, -0.2) is 9.97 Å². The monoisotopic (exact) mass is 512 g/mol. The first kappa shape index (κ1) is 22.9. The molecule has 1 N–H and O–H groups in total. The van der Waals surface area contributed by atoms with Crippen molar-refractivity contribution in [2.75, 3.05) is 0 Å². The van der Waals surface area contributed by atoms with Crippen LogP contribution in [0.4, 0.5) is 0 Å². The molecule has 9 heteroatoms. The minimum absolute atomic E-state index is 0.0988. The highest BCUT2D eigenvalue weighted by atomic mass is 32.2. The third-order valence-corrected chi connectivity index (χ3v) is 8.43. The average Bonchev–Trinajstić information content (AvgIpc) is 3.56. The van der Waals surface area contributed by atoms with Gasteiger partial charge in [0, 0.05) is 16.2 Å². The number of hydrogen-bond acceptors (Lipinski definition) is 7. The number of fused-ring (bicyclic) bond motifs is 3. The fraction of sp³-hybridized carbons (Fsp3) is 0.222. The van der Waals surface area contributed by atoms with Crippen molar-refractivity contribution in [3.63, 3.8) is 0 Å². The number of aromatic amines is 1. The van der Waals surface area contributed by atoms with Crippen molar-refractivity contribution in [2.45, 2.75) is 43.5 Å². The number of H-pyrrole nitrogens is 1. The molecule has 5 aromatic rings. The molecular formula is C27H24N6OS2. The number of nitrogens with one attached hydrogen (secondary N) is 1. The molecule has 0 saturated heterocycles. The number of thioether (sulfide) groups is 1. The zero-order chi connectivity index (χ0) is 24.5. The Morgan fingerprint density at radius 2 is 2.03 bits per heavy atom. The van der Waals surface area contributed by atoms with Gasteiger partial charge in [-0.2, -0.15) is 9.78 Å². The largest absolute Gasteiger partial charge is 0.283 e. The number of aromatic nitrogens is 5. The summed E-state index contributed by atoms with van der Waals surface area (Å²) in [5.41, 5.74) is 5.13. The van der Waals surface area contributed by atoms with Crippen LogP contribution in [0.25, 0.3) is 21.6 Å². The van der Waals surface area contributed by atoms with Gasteiger partial charge >= 0.3 is 0 Å². The van der Waals surface area contributed by atoms with Gasteiger partial charge < -0.3 is 0 Å². The van der Waals surface area contributed by atoms with Crippen LogP contribution < -0.4 is 5.56 Å². The van der Waals surface area contributed by atoms with E-state index < -0.39 is 0 Å². The van der Waals surface area contributed by atoms with Gasteiger partial charge in [-0.3, -0.25) is 9.89 Å². The summed E-state index contributed by atoms with van der Waals surface area (Å²) in [7, 11) is 0. The molecule has 1 aliphatic carbocycles. The van der Waals surface area contributed by atoms with Crippen LogP contribution in [0.5, 0.6) is 0 Å². The first-order chi connectivity index (χ1) is 17.7. The lowest BCUT2D eigenvalue weighted by atomic mass is 9.97. The van der Waals surface area contributed by atoms with Gasteiger partial charge in [0.05, 0.1) is 11.6 Å². The second-order valence-electron chi connectivity index (χ2n) is 8.87. The predicted molar refractivity (Wildman–Crippen MR) is 146 cm³/mol. The summed E-state index contributed by atoms with van der Waals surface area (Å²) in [6.45, 7) is 2.05. The van der Waals surface area contributed by atoms with Gasteiger partial charge in [-0.1, -0.05) is 59.8 Å². The van der Waals surface area contributed by atoms with Crippen LogP contribution in [0.3, 0.4) is 0 Å². The lowest BCUT2D eigenvalue weighted by Gasteiger charge is -2.11. The molecule has 0 bridgehead atoms. The Labute approximate surface area is 216 Å². The molecule has 2 aromatic carbocycles. The second-order valence-corrected chi connectivity index (χ2v) is 10.9. The molecule has 0 spiro atoms. The highest BCUT2D eigenvalue weighted by molar-refractivity contribution is 7.98. The standard InChI is InChI=1S/C27H24N6OS2/c1-17-9-11-18(12-10-17)14-30-33-24(20-6-4-5-19(13-20)15-35-27-28-16-29-32-27)31-25-23(26(33)34)21-7-2-3-8-22(21)36-25/h4-6,9-14,16H,2-3,7-8,15H2,1H3,(H,28,29,32). The van der Waals surface area contributed by atoms with E-state index in [9.17, 15) is 4.79 Å². The van der Waals surface area contributed by atoms with E-state index in [2.05, 4.69) is 39.3 Å². The SMILES string of the molecule is Cc1ccc(C=Nn2c(-c3cccc(CSc4nc[nH]n4)c3)nc3sc4c(c3c2=O)CCCC4)cc1. The van der Waals surface area contributed by atoms with Crippen LogP contribution >= 0.6 is 23.1 Å². The maximum Gasteiger partial charge on any atom is 0.283 e. The van der Waals surface area contributed by atoms with Crippen molar-refractivity contribution in [2.24, 2.45) is 5.10 Å². The van der Waals surface area contributed by atoms with E-state index in [4.69, 9.17) is 4.98 Å². The molecule has 0 aliphatic heterocycles. The first-order valence-corrected chi connectivity index (χ1v) is 13.7. The maximum absolute atomic E-state index is 13.9. The molecule has 7 nitrogen and oxygen atoms in total. The van der Waals surface area contributed by atoms with Crippen LogP contribution in [0, 0.1) is 6.92 Å². The normalized spacial score (nSPS) is 13.5. The summed E-state index contributed by atoms with van der Waals surface area (Å²) < 4.78 is 1.48. The van der Waals surface area contributed by atoms with E-state index in [1.54, 1.807) is 35.6 Å². The van der Waals surface area contributed by atoms with Crippen LogP contribution in [-0.4, -0.2) is 31.1 Å². The molecular weight excluding hydrogens is 488 g/mol. The van der Waals surface area contributed by atoms with E-state index in [-0.39, 0.29) is 5.56 Å². The number of hydrogen-bond donors (Lipinski definition) is 1. The quantitative estimate of drug-likeness (QED) is 0.236. The molecule has 180 valence electrons. The highest BCUT2D eigenvalue weighted by Gasteiger charge is 2.22. The van der Waals surface area contributed by atoms with Crippen molar-refractivity contribution < 1.29 is 0 Å². The average molecular weight is 513 g/mol. The molecule has 0 atom stereocenters. The molecule has 0 unspecified atom stereocenters. The van der Waals surface area contributed by atoms with Crippen molar-refractivity contribution in [3.05, 3.63) is 92.3 Å². The molecule has 0 amide bonds. The van der Waals surface area contributed by atoms with Crippen molar-refractivity contribution in [1.29, 1.82) is 0 Å². The lowest BCUT2D eigenvalue weighted by molar-refractivity contribution is 0.699. The molecule has 3 heterocycles. The molecule has 3 aromatic heterocycles. The number of rotatable bonds is 6. The van der Waals surface area contributed by atoms with Crippen molar-refractivity contribution in [1.82, 2.24) is 24.8 Å². The summed E-state index contributed by atoms with van der Waals surface area (Å²) in [5.74, 6) is 1.26. The minimum atomic E-state index is -0.0988. The van der Waals surface area contributed by atoms with E-state index >= 15 is 0 Å². The van der Waals surface area contributed by atoms with Crippen LogP contribution in [0.15, 0.2) is 69.9 Å². The third kappa shape index (κ3) is 4.52. The molecule has 0 radical (unpaired) electrons. The second kappa shape index (κ2) is 9.83. The summed E-state index contributed by atoms with van der Waals surface area (Å²) in [6, 6.07) is 16.2. The number of benzene rings is 2. The Balaban J connectivity index is 1.46. The van der Waals surface area contributed by atoms with Gasteiger partial charge in [0.15, 0.2) is 5.82 Å². The predicted octanol–water partition coefficient (Wildman–Crippen LogP) is 5.60. The molecule has 36 heavy (non-hydrogen) atoms. The Morgan fingerprint density at radius 1 is 1.17 bits per heavy atom. The minimum Gasteiger partial charge on any atom is -0.267 e. The summed E-state index contributed by atoms with van der Waals surface area (Å²) in [4.78, 5) is 25.2. The summed E-state index contributed by atoms with van der Waals surface area (Å²) in [6.07, 6.45) is 7.53. The Hall–Kier alpha value is -3.56. The van der Waals surface area contributed by atoms with Crippen LogP contribution in [0.1, 0.15) is 40.0 Å². The fourth-order valence-corrected chi connectivity index (χ4v) is 6.45. The fourth-order valence-electron chi connectivity index (χ4n) is 4.48. The van der Waals surface area contributed by atoms with Gasteiger partial charge in [0.2, 0.25) is 5.16 Å². The van der Waals surface area contributed by atoms with Gasteiger partial charge in [-0.05, 0) is 55.4 Å². The molecule has 1 aliphatic rings. The van der Waals surface area contributed by atoms with Crippen molar-refractivity contribution in [3.8, 4) is 11.4 Å². The topological polar surface area (TPSA) is 88.8 Å². The zero-order valence-electron chi connectivity index (χ0n) is 19.8. The van der Waals surface area contributed by atoms with Gasteiger partial charge in [0.25, 0.3) is 5.56 Å². The van der Waals surface area contributed by atoms with Crippen LogP contribution in [-0.2, 0) is 18.6 Å². The number of thiophene rings is 1. The summed E-state index contributed by atoms with van der Waals surface area (Å²) >= 11 is 3.21. The van der Waals surface area contributed by atoms with Crippen LogP contribution in [0.2, 0.25) is 0 Å². The molecule has 6 rings (SSSR count).